The number of hydrogen-bond acceptors (Lipinski definition) is 5. The van der Waals surface area contributed by atoms with Crippen molar-refractivity contribution in [1.29, 1.82) is 0 Å². The Morgan fingerprint density at radius 3 is 1.47 bits per heavy atom. The van der Waals surface area contributed by atoms with E-state index in [-0.39, 0.29) is 26.2 Å². The first kappa shape index (κ1) is 15.4. The molecule has 19 heavy (non-hydrogen) atoms. The summed E-state index contributed by atoms with van der Waals surface area (Å²) in [6, 6.07) is 0. The van der Waals surface area contributed by atoms with Crippen LogP contribution in [0, 0.1) is 0 Å². The Hall–Kier alpha value is -1.67. The number of unbranched alkanes of at least 4 members (excludes halogenated alkanes) is 1. The van der Waals surface area contributed by atoms with Crippen LogP contribution in [0.25, 0.3) is 0 Å². The Bertz CT molecular complexity index is 539. The van der Waals surface area contributed by atoms with Crippen LogP contribution < -0.4 is 28.5 Å². The molecule has 8 nitrogen and oxygen atoms in total. The zero-order valence-electron chi connectivity index (χ0n) is 11.2. The lowest BCUT2D eigenvalue weighted by Crippen LogP contribution is -2.55. The van der Waals surface area contributed by atoms with Crippen LogP contribution in [0.15, 0.2) is 14.4 Å². The third-order valence-electron chi connectivity index (χ3n) is 2.83. The Morgan fingerprint density at radius 1 is 0.789 bits per heavy atom. The molecule has 0 amide bonds. The van der Waals surface area contributed by atoms with E-state index in [9.17, 15) is 14.4 Å². The molecule has 1 rings (SSSR count). The predicted molar refractivity (Wildman–Crippen MR) is 72.2 cm³/mol. The normalized spacial score (nSPS) is 10.9. The number of hydrogen-bond donors (Lipinski definition) is 2. The third kappa shape index (κ3) is 3.21. The second-order valence-corrected chi connectivity index (χ2v) is 4.23. The molecular weight excluding hydrogens is 250 g/mol. The highest BCUT2D eigenvalue weighted by molar-refractivity contribution is 4.79. The largest absolute Gasteiger partial charge is 0.336 e. The lowest BCUT2D eigenvalue weighted by Gasteiger charge is -2.12. The van der Waals surface area contributed by atoms with E-state index in [0.29, 0.717) is 13.0 Å². The van der Waals surface area contributed by atoms with E-state index in [1.807, 2.05) is 6.92 Å². The summed E-state index contributed by atoms with van der Waals surface area (Å²) in [6.07, 6.45) is 1.54. The van der Waals surface area contributed by atoms with Crippen molar-refractivity contribution in [2.24, 2.45) is 11.5 Å². The summed E-state index contributed by atoms with van der Waals surface area (Å²) in [4.78, 5) is 36.2. The van der Waals surface area contributed by atoms with Crippen molar-refractivity contribution >= 4 is 0 Å². The molecule has 0 saturated carbocycles. The van der Waals surface area contributed by atoms with E-state index in [1.54, 1.807) is 0 Å². The first-order valence-corrected chi connectivity index (χ1v) is 6.43. The minimum Gasteiger partial charge on any atom is -0.329 e. The van der Waals surface area contributed by atoms with Crippen molar-refractivity contribution in [3.05, 3.63) is 31.5 Å². The molecule has 1 aromatic rings. The molecule has 0 aliphatic heterocycles. The lowest BCUT2D eigenvalue weighted by atomic mass is 10.3. The fourth-order valence-corrected chi connectivity index (χ4v) is 1.83. The molecule has 4 N–H and O–H groups in total. The third-order valence-corrected chi connectivity index (χ3v) is 2.83. The van der Waals surface area contributed by atoms with Crippen molar-refractivity contribution in [3.8, 4) is 0 Å². The second-order valence-electron chi connectivity index (χ2n) is 4.23. The smallest absolute Gasteiger partial charge is 0.329 e. The molecule has 0 fully saturated rings. The molecule has 0 saturated heterocycles. The van der Waals surface area contributed by atoms with Crippen LogP contribution in [0.2, 0.25) is 0 Å². The molecular formula is C11H21N5O3. The summed E-state index contributed by atoms with van der Waals surface area (Å²) < 4.78 is 3.07. The molecule has 108 valence electrons. The van der Waals surface area contributed by atoms with E-state index >= 15 is 0 Å². The molecule has 0 atom stereocenters. The minimum atomic E-state index is -0.640. The van der Waals surface area contributed by atoms with Crippen molar-refractivity contribution < 1.29 is 0 Å². The van der Waals surface area contributed by atoms with E-state index in [4.69, 9.17) is 11.5 Å². The molecule has 0 aliphatic carbocycles. The van der Waals surface area contributed by atoms with Gasteiger partial charge in [-0.05, 0) is 6.42 Å². The SMILES string of the molecule is CCCCn1c(=O)n(CCN)c(=O)n(CCN)c1=O. The fourth-order valence-electron chi connectivity index (χ4n) is 1.83. The maximum absolute atomic E-state index is 12.1. The van der Waals surface area contributed by atoms with Crippen LogP contribution in [0.1, 0.15) is 19.8 Å². The topological polar surface area (TPSA) is 118 Å². The number of aromatic nitrogens is 3. The van der Waals surface area contributed by atoms with Gasteiger partial charge >= 0.3 is 17.1 Å². The number of rotatable bonds is 7. The van der Waals surface area contributed by atoms with Gasteiger partial charge in [-0.15, -0.1) is 0 Å². The summed E-state index contributed by atoms with van der Waals surface area (Å²) in [5, 5.41) is 0. The molecule has 0 bridgehead atoms. The van der Waals surface area contributed by atoms with Crippen molar-refractivity contribution in [2.75, 3.05) is 13.1 Å². The average molecular weight is 271 g/mol. The van der Waals surface area contributed by atoms with Gasteiger partial charge in [0.15, 0.2) is 0 Å². The van der Waals surface area contributed by atoms with E-state index in [0.717, 1.165) is 20.1 Å². The average Bonchev–Trinajstić information content (AvgIpc) is 2.40. The Kier molecular flexibility index (Phi) is 5.71. The molecule has 0 unspecified atom stereocenters. The standard InChI is InChI=1S/C11H21N5O3/c1-2-3-6-14-9(17)15(7-4-12)11(19)16(8-5-13)10(14)18/h2-8,12-13H2,1H3. The van der Waals surface area contributed by atoms with E-state index < -0.39 is 17.1 Å². The van der Waals surface area contributed by atoms with Gasteiger partial charge in [0.2, 0.25) is 0 Å². The molecule has 0 aromatic carbocycles. The highest BCUT2D eigenvalue weighted by Gasteiger charge is 2.13. The van der Waals surface area contributed by atoms with Gasteiger partial charge in [0.1, 0.15) is 0 Å². The minimum absolute atomic E-state index is 0.0919. The summed E-state index contributed by atoms with van der Waals surface area (Å²) in [7, 11) is 0. The fraction of sp³-hybridized carbons (Fsp3) is 0.727. The van der Waals surface area contributed by atoms with Gasteiger partial charge in [-0.3, -0.25) is 0 Å². The van der Waals surface area contributed by atoms with Crippen LogP contribution in [-0.4, -0.2) is 26.8 Å². The maximum Gasteiger partial charge on any atom is 0.336 e. The van der Waals surface area contributed by atoms with Gasteiger partial charge in [-0.1, -0.05) is 13.3 Å². The van der Waals surface area contributed by atoms with Gasteiger partial charge in [0, 0.05) is 32.7 Å². The summed E-state index contributed by atoms with van der Waals surface area (Å²) in [5.74, 6) is 0. The molecule has 0 spiro atoms. The first-order chi connectivity index (χ1) is 9.08. The van der Waals surface area contributed by atoms with Crippen LogP contribution in [0.4, 0.5) is 0 Å². The quantitative estimate of drug-likeness (QED) is 0.588. The van der Waals surface area contributed by atoms with Crippen LogP contribution in [0.5, 0.6) is 0 Å². The Morgan fingerprint density at radius 2 is 1.16 bits per heavy atom. The first-order valence-electron chi connectivity index (χ1n) is 6.43. The van der Waals surface area contributed by atoms with Crippen molar-refractivity contribution in [1.82, 2.24) is 13.7 Å². The lowest BCUT2D eigenvalue weighted by molar-refractivity contribution is 0.442. The van der Waals surface area contributed by atoms with Gasteiger partial charge in [0.25, 0.3) is 0 Å². The van der Waals surface area contributed by atoms with E-state index in [1.165, 1.54) is 0 Å². The highest BCUT2D eigenvalue weighted by Crippen LogP contribution is 1.87. The monoisotopic (exact) mass is 271 g/mol. The maximum atomic E-state index is 12.1. The van der Waals surface area contributed by atoms with Gasteiger partial charge in [0.05, 0.1) is 0 Å². The van der Waals surface area contributed by atoms with Crippen molar-refractivity contribution in [2.45, 2.75) is 39.4 Å². The summed E-state index contributed by atoms with van der Waals surface area (Å²) in [5.41, 5.74) is 8.95. The molecule has 1 aromatic heterocycles. The van der Waals surface area contributed by atoms with E-state index in [2.05, 4.69) is 0 Å². The number of nitrogens with zero attached hydrogens (tertiary/aromatic N) is 3. The summed E-state index contributed by atoms with van der Waals surface area (Å²) >= 11 is 0. The van der Waals surface area contributed by atoms with Crippen LogP contribution >= 0.6 is 0 Å². The molecule has 0 radical (unpaired) electrons. The zero-order chi connectivity index (χ0) is 14.4. The Labute approximate surface area is 110 Å². The van der Waals surface area contributed by atoms with Gasteiger partial charge in [-0.2, -0.15) is 0 Å². The zero-order valence-corrected chi connectivity index (χ0v) is 11.2. The van der Waals surface area contributed by atoms with Gasteiger partial charge < -0.3 is 11.5 Å². The van der Waals surface area contributed by atoms with Crippen LogP contribution in [-0.2, 0) is 19.6 Å². The van der Waals surface area contributed by atoms with Crippen molar-refractivity contribution in [3.63, 3.8) is 0 Å². The molecule has 1 heterocycles. The number of nitrogens with two attached hydrogens (primary N) is 2. The Balaban J connectivity index is 3.50. The van der Waals surface area contributed by atoms with Gasteiger partial charge in [-0.25, -0.2) is 28.1 Å². The van der Waals surface area contributed by atoms with Crippen LogP contribution in [0.3, 0.4) is 0 Å². The highest BCUT2D eigenvalue weighted by atomic mass is 16.2. The second kappa shape index (κ2) is 7.05. The molecule has 8 heteroatoms. The molecule has 0 aliphatic rings. The summed E-state index contributed by atoms with van der Waals surface area (Å²) in [6.45, 7) is 2.75. The predicted octanol–water partition coefficient (Wildman–Crippen LogP) is -2.11.